The van der Waals surface area contributed by atoms with Crippen LogP contribution >= 0.6 is 15.9 Å². The third-order valence-corrected chi connectivity index (χ3v) is 4.22. The Bertz CT molecular complexity index is 911. The average molecular weight is 399 g/mol. The van der Waals surface area contributed by atoms with Crippen molar-refractivity contribution in [3.05, 3.63) is 76.4 Å². The van der Waals surface area contributed by atoms with Gasteiger partial charge >= 0.3 is 5.97 Å². The zero-order valence-corrected chi connectivity index (χ0v) is 14.7. The van der Waals surface area contributed by atoms with Crippen LogP contribution < -0.4 is 5.32 Å². The summed E-state index contributed by atoms with van der Waals surface area (Å²) in [4.78, 5) is 15.3. The van der Waals surface area contributed by atoms with Gasteiger partial charge in [0, 0.05) is 28.5 Å². The van der Waals surface area contributed by atoms with Crippen LogP contribution in [-0.4, -0.2) is 21.2 Å². The highest BCUT2D eigenvalue weighted by atomic mass is 79.9. The highest BCUT2D eigenvalue weighted by Crippen LogP contribution is 2.31. The number of rotatable bonds is 5. The summed E-state index contributed by atoms with van der Waals surface area (Å²) in [6, 6.07) is 15.9. The van der Waals surface area contributed by atoms with E-state index in [9.17, 15) is 9.90 Å². The first-order valence-electron chi connectivity index (χ1n) is 7.54. The molecule has 1 heterocycles. The number of aromatic hydroxyl groups is 1. The molecule has 0 radical (unpaired) electrons. The van der Waals surface area contributed by atoms with Gasteiger partial charge in [-0.15, -0.1) is 0 Å². The van der Waals surface area contributed by atoms with E-state index in [0.29, 0.717) is 17.8 Å². The molecule has 0 unspecified atom stereocenters. The highest BCUT2D eigenvalue weighted by Gasteiger charge is 2.10. The van der Waals surface area contributed by atoms with E-state index in [1.165, 1.54) is 18.3 Å². The van der Waals surface area contributed by atoms with E-state index in [-0.39, 0.29) is 11.3 Å². The van der Waals surface area contributed by atoms with Crippen molar-refractivity contribution in [2.45, 2.75) is 6.54 Å². The van der Waals surface area contributed by atoms with Crippen LogP contribution in [0, 0.1) is 0 Å². The fraction of sp³-hybridized carbons (Fsp3) is 0.0526. The molecule has 126 valence electrons. The maximum Gasteiger partial charge on any atom is 0.335 e. The van der Waals surface area contributed by atoms with Crippen LogP contribution in [0.5, 0.6) is 5.75 Å². The second-order valence-corrected chi connectivity index (χ2v) is 6.36. The molecule has 0 aliphatic rings. The van der Waals surface area contributed by atoms with Gasteiger partial charge in [-0.25, -0.2) is 4.79 Å². The molecule has 0 amide bonds. The van der Waals surface area contributed by atoms with Gasteiger partial charge < -0.3 is 15.5 Å². The van der Waals surface area contributed by atoms with E-state index < -0.39 is 5.97 Å². The Morgan fingerprint density at radius 2 is 1.84 bits per heavy atom. The first kappa shape index (κ1) is 17.0. The lowest BCUT2D eigenvalue weighted by Crippen LogP contribution is -2.00. The first-order chi connectivity index (χ1) is 12.0. The van der Waals surface area contributed by atoms with Gasteiger partial charge in [0.05, 0.1) is 11.3 Å². The van der Waals surface area contributed by atoms with Crippen molar-refractivity contribution in [1.29, 1.82) is 0 Å². The van der Waals surface area contributed by atoms with Crippen LogP contribution in [0.3, 0.4) is 0 Å². The number of benzene rings is 2. The topological polar surface area (TPSA) is 82.5 Å². The van der Waals surface area contributed by atoms with Crippen molar-refractivity contribution >= 4 is 27.6 Å². The van der Waals surface area contributed by atoms with E-state index in [4.69, 9.17) is 5.11 Å². The molecule has 0 atom stereocenters. The molecule has 5 nitrogen and oxygen atoms in total. The highest BCUT2D eigenvalue weighted by molar-refractivity contribution is 9.10. The van der Waals surface area contributed by atoms with Crippen molar-refractivity contribution < 1.29 is 15.0 Å². The lowest BCUT2D eigenvalue weighted by molar-refractivity contribution is 0.0697. The monoisotopic (exact) mass is 398 g/mol. The molecule has 6 heteroatoms. The quantitative estimate of drug-likeness (QED) is 0.550. The SMILES string of the molecule is O=C(O)c1ccnc(-c2cc(NCc3ccc(Br)cc3)ccc2O)c1. The second kappa shape index (κ2) is 7.36. The number of hydrogen-bond donors (Lipinski definition) is 3. The number of carboxylic acid groups (broad SMARTS) is 1. The fourth-order valence-corrected chi connectivity index (χ4v) is 2.63. The normalized spacial score (nSPS) is 10.4. The lowest BCUT2D eigenvalue weighted by Gasteiger charge is -2.10. The summed E-state index contributed by atoms with van der Waals surface area (Å²) in [6.07, 6.45) is 1.42. The van der Waals surface area contributed by atoms with Crippen LogP contribution in [0.25, 0.3) is 11.3 Å². The molecule has 0 aliphatic carbocycles. The predicted molar refractivity (Wildman–Crippen MR) is 99.8 cm³/mol. The van der Waals surface area contributed by atoms with Crippen LogP contribution in [0.15, 0.2) is 65.3 Å². The van der Waals surface area contributed by atoms with Gasteiger partial charge in [0.1, 0.15) is 5.75 Å². The van der Waals surface area contributed by atoms with Crippen molar-refractivity contribution in [2.75, 3.05) is 5.32 Å². The number of aromatic nitrogens is 1. The summed E-state index contributed by atoms with van der Waals surface area (Å²) in [6.45, 7) is 0.625. The van der Waals surface area contributed by atoms with Crippen LogP contribution in [0.4, 0.5) is 5.69 Å². The van der Waals surface area contributed by atoms with Gasteiger partial charge in [-0.2, -0.15) is 0 Å². The molecule has 0 saturated carbocycles. The van der Waals surface area contributed by atoms with E-state index >= 15 is 0 Å². The number of carboxylic acids is 1. The zero-order valence-electron chi connectivity index (χ0n) is 13.1. The van der Waals surface area contributed by atoms with E-state index in [1.807, 2.05) is 24.3 Å². The van der Waals surface area contributed by atoms with Crippen molar-refractivity contribution in [3.8, 4) is 17.0 Å². The number of nitrogens with one attached hydrogen (secondary N) is 1. The van der Waals surface area contributed by atoms with Gasteiger partial charge in [-0.1, -0.05) is 28.1 Å². The number of hydrogen-bond acceptors (Lipinski definition) is 4. The minimum absolute atomic E-state index is 0.0456. The Morgan fingerprint density at radius 1 is 1.08 bits per heavy atom. The third-order valence-electron chi connectivity index (χ3n) is 3.69. The largest absolute Gasteiger partial charge is 0.507 e. The van der Waals surface area contributed by atoms with Gasteiger partial charge in [-0.3, -0.25) is 4.98 Å². The predicted octanol–water partition coefficient (Wildman–Crippen LogP) is 4.53. The van der Waals surface area contributed by atoms with Gasteiger partial charge in [-0.05, 0) is 48.0 Å². The Kier molecular flexibility index (Phi) is 5.00. The summed E-state index contributed by atoms with van der Waals surface area (Å²) in [7, 11) is 0. The number of pyridine rings is 1. The lowest BCUT2D eigenvalue weighted by atomic mass is 10.1. The molecule has 3 rings (SSSR count). The number of phenols is 1. The Labute approximate surface area is 153 Å². The molecule has 0 saturated heterocycles. The molecule has 0 spiro atoms. The number of nitrogens with zero attached hydrogens (tertiary/aromatic N) is 1. The first-order valence-corrected chi connectivity index (χ1v) is 8.33. The molecule has 0 bridgehead atoms. The summed E-state index contributed by atoms with van der Waals surface area (Å²) in [5.74, 6) is -0.989. The van der Waals surface area contributed by atoms with E-state index in [0.717, 1.165) is 15.7 Å². The molecule has 3 N–H and O–H groups in total. The number of phenolic OH excluding ortho intramolecular Hbond substituents is 1. The summed E-state index contributed by atoms with van der Waals surface area (Å²) in [5.41, 5.74) is 2.92. The molecule has 0 fully saturated rings. The van der Waals surface area contributed by atoms with Crippen LogP contribution in [0.1, 0.15) is 15.9 Å². The standard InChI is InChI=1S/C19H15BrN2O3/c20-14-3-1-12(2-4-14)11-22-15-5-6-18(23)16(10-15)17-9-13(19(24)25)7-8-21-17/h1-10,22-23H,11H2,(H,24,25). The van der Waals surface area contributed by atoms with Crippen molar-refractivity contribution in [1.82, 2.24) is 4.98 Å². The summed E-state index contributed by atoms with van der Waals surface area (Å²) < 4.78 is 1.02. The average Bonchev–Trinajstić information content (AvgIpc) is 2.62. The maximum absolute atomic E-state index is 11.1. The van der Waals surface area contributed by atoms with E-state index in [1.54, 1.807) is 18.2 Å². The Hall–Kier alpha value is -2.86. The summed E-state index contributed by atoms with van der Waals surface area (Å²) >= 11 is 3.40. The van der Waals surface area contributed by atoms with Gasteiger partial charge in [0.15, 0.2) is 0 Å². The molecular formula is C19H15BrN2O3. The summed E-state index contributed by atoms with van der Waals surface area (Å²) in [5, 5.41) is 22.5. The smallest absolute Gasteiger partial charge is 0.335 e. The molecule has 2 aromatic carbocycles. The fourth-order valence-electron chi connectivity index (χ4n) is 2.37. The molecular weight excluding hydrogens is 384 g/mol. The molecule has 3 aromatic rings. The molecule has 25 heavy (non-hydrogen) atoms. The van der Waals surface area contributed by atoms with Crippen LogP contribution in [-0.2, 0) is 6.54 Å². The maximum atomic E-state index is 11.1. The second-order valence-electron chi connectivity index (χ2n) is 5.45. The number of halogens is 1. The Morgan fingerprint density at radius 3 is 2.56 bits per heavy atom. The van der Waals surface area contributed by atoms with Crippen molar-refractivity contribution in [3.63, 3.8) is 0 Å². The number of carbonyl (C=O) groups is 1. The van der Waals surface area contributed by atoms with Gasteiger partial charge in [0.2, 0.25) is 0 Å². The third kappa shape index (κ3) is 4.16. The minimum atomic E-state index is -1.03. The van der Waals surface area contributed by atoms with Crippen LogP contribution in [0.2, 0.25) is 0 Å². The molecule has 0 aliphatic heterocycles. The number of aromatic carboxylic acids is 1. The van der Waals surface area contributed by atoms with Crippen molar-refractivity contribution in [2.24, 2.45) is 0 Å². The van der Waals surface area contributed by atoms with E-state index in [2.05, 4.69) is 26.2 Å². The minimum Gasteiger partial charge on any atom is -0.507 e. The number of anilines is 1. The molecule has 1 aromatic heterocycles. The zero-order chi connectivity index (χ0) is 17.8. The van der Waals surface area contributed by atoms with Gasteiger partial charge in [0.25, 0.3) is 0 Å². The Balaban J connectivity index is 1.84.